The van der Waals surface area contributed by atoms with E-state index < -0.39 is 6.10 Å². The molecule has 1 aromatic carbocycles. The minimum absolute atomic E-state index is 0.460. The Morgan fingerprint density at radius 3 is 2.46 bits per heavy atom. The fourth-order valence-corrected chi connectivity index (χ4v) is 1.17. The van der Waals surface area contributed by atoms with Gasteiger partial charge in [0.15, 0.2) is 0 Å². The van der Waals surface area contributed by atoms with Crippen LogP contribution >= 0.6 is 0 Å². The Kier molecular flexibility index (Phi) is 3.09. The minimum Gasteiger partial charge on any atom is -0.399 e. The molecule has 0 saturated heterocycles. The molecule has 0 amide bonds. The fourth-order valence-electron chi connectivity index (χ4n) is 1.17. The maximum Gasteiger partial charge on any atom is 0.0826 e. The zero-order valence-electron chi connectivity index (χ0n) is 7.83. The molecule has 0 aliphatic rings. The quantitative estimate of drug-likeness (QED) is 0.549. The SMILES string of the molecule is C=C(C)CC(O)c1ccc(N)cc1. The van der Waals surface area contributed by atoms with Gasteiger partial charge in [-0.15, -0.1) is 6.58 Å². The monoisotopic (exact) mass is 177 g/mol. The van der Waals surface area contributed by atoms with Crippen LogP contribution in [0.4, 0.5) is 5.69 Å². The van der Waals surface area contributed by atoms with Gasteiger partial charge in [-0.25, -0.2) is 0 Å². The van der Waals surface area contributed by atoms with Crippen molar-refractivity contribution in [2.75, 3.05) is 5.73 Å². The molecule has 0 radical (unpaired) electrons. The van der Waals surface area contributed by atoms with E-state index in [0.29, 0.717) is 12.1 Å². The summed E-state index contributed by atoms with van der Waals surface area (Å²) >= 11 is 0. The molecule has 0 bridgehead atoms. The summed E-state index contributed by atoms with van der Waals surface area (Å²) in [6, 6.07) is 7.25. The normalized spacial score (nSPS) is 12.5. The zero-order chi connectivity index (χ0) is 9.84. The van der Waals surface area contributed by atoms with E-state index in [4.69, 9.17) is 5.73 Å². The van der Waals surface area contributed by atoms with Gasteiger partial charge in [-0.1, -0.05) is 17.7 Å². The summed E-state index contributed by atoms with van der Waals surface area (Å²) in [4.78, 5) is 0. The van der Waals surface area contributed by atoms with Crippen LogP contribution in [-0.2, 0) is 0 Å². The third-order valence-corrected chi connectivity index (χ3v) is 1.86. The van der Waals surface area contributed by atoms with Gasteiger partial charge in [-0.3, -0.25) is 0 Å². The Balaban J connectivity index is 2.71. The second kappa shape index (κ2) is 4.10. The molecule has 0 aliphatic carbocycles. The van der Waals surface area contributed by atoms with Crippen molar-refractivity contribution in [2.45, 2.75) is 19.4 Å². The lowest BCUT2D eigenvalue weighted by molar-refractivity contribution is 0.178. The number of aliphatic hydroxyl groups is 1. The molecule has 0 aliphatic heterocycles. The molecular weight excluding hydrogens is 162 g/mol. The predicted molar refractivity (Wildman–Crippen MR) is 55.2 cm³/mol. The third kappa shape index (κ3) is 2.92. The number of nitrogen functional groups attached to an aromatic ring is 1. The van der Waals surface area contributed by atoms with Crippen molar-refractivity contribution < 1.29 is 5.11 Å². The van der Waals surface area contributed by atoms with Crippen LogP contribution in [-0.4, -0.2) is 5.11 Å². The van der Waals surface area contributed by atoms with Gasteiger partial charge >= 0.3 is 0 Å². The standard InChI is InChI=1S/C11H15NO/c1-8(2)7-11(13)9-3-5-10(12)6-4-9/h3-6,11,13H,1,7,12H2,2H3. The van der Waals surface area contributed by atoms with E-state index in [-0.39, 0.29) is 0 Å². The van der Waals surface area contributed by atoms with E-state index in [1.807, 2.05) is 19.1 Å². The smallest absolute Gasteiger partial charge is 0.0826 e. The topological polar surface area (TPSA) is 46.2 Å². The highest BCUT2D eigenvalue weighted by atomic mass is 16.3. The molecule has 2 heteroatoms. The Hall–Kier alpha value is -1.28. The van der Waals surface area contributed by atoms with Crippen molar-refractivity contribution in [2.24, 2.45) is 0 Å². The van der Waals surface area contributed by atoms with Gasteiger partial charge in [-0.2, -0.15) is 0 Å². The number of anilines is 1. The average molecular weight is 177 g/mol. The maximum absolute atomic E-state index is 9.68. The van der Waals surface area contributed by atoms with Crippen LogP contribution in [0.1, 0.15) is 25.0 Å². The largest absolute Gasteiger partial charge is 0.399 e. The highest BCUT2D eigenvalue weighted by Gasteiger charge is 2.06. The lowest BCUT2D eigenvalue weighted by Crippen LogP contribution is -1.97. The molecule has 1 rings (SSSR count). The Morgan fingerprint density at radius 2 is 2.00 bits per heavy atom. The van der Waals surface area contributed by atoms with Crippen LogP contribution in [0.15, 0.2) is 36.4 Å². The molecule has 2 nitrogen and oxygen atoms in total. The van der Waals surface area contributed by atoms with Crippen LogP contribution < -0.4 is 5.73 Å². The first-order valence-corrected chi connectivity index (χ1v) is 4.27. The lowest BCUT2D eigenvalue weighted by Gasteiger charge is -2.10. The van der Waals surface area contributed by atoms with Gasteiger partial charge < -0.3 is 10.8 Å². The Bertz CT molecular complexity index is 289. The van der Waals surface area contributed by atoms with Crippen LogP contribution in [0, 0.1) is 0 Å². The molecule has 0 heterocycles. The lowest BCUT2D eigenvalue weighted by atomic mass is 10.0. The second-order valence-electron chi connectivity index (χ2n) is 3.34. The van der Waals surface area contributed by atoms with Crippen molar-refractivity contribution >= 4 is 5.69 Å². The molecule has 1 unspecified atom stereocenters. The molecule has 0 fully saturated rings. The fraction of sp³-hybridized carbons (Fsp3) is 0.273. The second-order valence-corrected chi connectivity index (χ2v) is 3.34. The highest BCUT2D eigenvalue weighted by molar-refractivity contribution is 5.39. The van der Waals surface area contributed by atoms with Gasteiger partial charge in [0.25, 0.3) is 0 Å². The first kappa shape index (κ1) is 9.81. The molecule has 1 aromatic rings. The van der Waals surface area contributed by atoms with E-state index >= 15 is 0 Å². The molecule has 0 spiro atoms. The molecule has 70 valence electrons. The van der Waals surface area contributed by atoms with Gasteiger partial charge in [0, 0.05) is 5.69 Å². The van der Waals surface area contributed by atoms with E-state index in [1.165, 1.54) is 0 Å². The molecule has 0 aromatic heterocycles. The zero-order valence-corrected chi connectivity index (χ0v) is 7.83. The van der Waals surface area contributed by atoms with E-state index in [9.17, 15) is 5.11 Å². The van der Waals surface area contributed by atoms with Crippen LogP contribution in [0.2, 0.25) is 0 Å². The Labute approximate surface area is 78.7 Å². The van der Waals surface area contributed by atoms with Gasteiger partial charge in [-0.05, 0) is 31.0 Å². The highest BCUT2D eigenvalue weighted by Crippen LogP contribution is 2.20. The summed E-state index contributed by atoms with van der Waals surface area (Å²) in [5, 5.41) is 9.68. The maximum atomic E-state index is 9.68. The first-order valence-electron chi connectivity index (χ1n) is 4.27. The van der Waals surface area contributed by atoms with Crippen molar-refractivity contribution in [1.29, 1.82) is 0 Å². The average Bonchev–Trinajstić information content (AvgIpc) is 2.04. The number of nitrogens with two attached hydrogens (primary N) is 1. The molecule has 3 N–H and O–H groups in total. The number of hydrogen-bond acceptors (Lipinski definition) is 2. The summed E-state index contributed by atoms with van der Waals surface area (Å²) in [5.41, 5.74) is 8.11. The predicted octanol–water partition coefficient (Wildman–Crippen LogP) is 2.27. The van der Waals surface area contributed by atoms with Gasteiger partial charge in [0.1, 0.15) is 0 Å². The van der Waals surface area contributed by atoms with Crippen molar-refractivity contribution in [3.05, 3.63) is 42.0 Å². The van der Waals surface area contributed by atoms with Crippen molar-refractivity contribution in [1.82, 2.24) is 0 Å². The van der Waals surface area contributed by atoms with E-state index in [0.717, 1.165) is 11.1 Å². The van der Waals surface area contributed by atoms with E-state index in [1.54, 1.807) is 12.1 Å². The molecule has 13 heavy (non-hydrogen) atoms. The van der Waals surface area contributed by atoms with Crippen LogP contribution in [0.3, 0.4) is 0 Å². The summed E-state index contributed by atoms with van der Waals surface area (Å²) in [7, 11) is 0. The van der Waals surface area contributed by atoms with E-state index in [2.05, 4.69) is 6.58 Å². The molecular formula is C11H15NO. The van der Waals surface area contributed by atoms with Crippen LogP contribution in [0.25, 0.3) is 0 Å². The van der Waals surface area contributed by atoms with Crippen LogP contribution in [0.5, 0.6) is 0 Å². The summed E-state index contributed by atoms with van der Waals surface area (Å²) in [6.07, 6.45) is 0.141. The molecule has 0 saturated carbocycles. The number of rotatable bonds is 3. The van der Waals surface area contributed by atoms with Crippen molar-refractivity contribution in [3.63, 3.8) is 0 Å². The summed E-state index contributed by atoms with van der Waals surface area (Å²) < 4.78 is 0. The number of aliphatic hydroxyl groups excluding tert-OH is 1. The summed E-state index contributed by atoms with van der Waals surface area (Å²) in [6.45, 7) is 5.66. The first-order chi connectivity index (χ1) is 6.09. The van der Waals surface area contributed by atoms with Crippen molar-refractivity contribution in [3.8, 4) is 0 Å². The number of benzene rings is 1. The molecule has 1 atom stereocenters. The van der Waals surface area contributed by atoms with Gasteiger partial charge in [0.2, 0.25) is 0 Å². The summed E-state index contributed by atoms with van der Waals surface area (Å²) in [5.74, 6) is 0. The van der Waals surface area contributed by atoms with Gasteiger partial charge in [0.05, 0.1) is 6.10 Å². The Morgan fingerprint density at radius 1 is 1.46 bits per heavy atom. The third-order valence-electron chi connectivity index (χ3n) is 1.86. The minimum atomic E-state index is -0.460. The number of hydrogen-bond donors (Lipinski definition) is 2.